The number of hydrogen-bond donors (Lipinski definition) is 3. The molecular weight excluding hydrogens is 546 g/mol. The van der Waals surface area contributed by atoms with Crippen molar-refractivity contribution in [3.05, 3.63) is 58.3 Å². The molecule has 1 fully saturated rings. The van der Waals surface area contributed by atoms with E-state index in [0.717, 1.165) is 42.5 Å². The number of carbonyl (C=O) groups is 5. The molecule has 1 heterocycles. The van der Waals surface area contributed by atoms with Crippen LogP contribution < -0.4 is 16.0 Å². The largest absolute Gasteiger partial charge is 0.465 e. The van der Waals surface area contributed by atoms with Crippen LogP contribution in [0.4, 0.5) is 0 Å². The summed E-state index contributed by atoms with van der Waals surface area (Å²) in [7, 11) is 0. The van der Waals surface area contributed by atoms with Gasteiger partial charge in [0.15, 0.2) is 0 Å². The van der Waals surface area contributed by atoms with Gasteiger partial charge in [-0.1, -0.05) is 68.5 Å². The molecule has 3 amide bonds. The maximum atomic E-state index is 13.5. The molecule has 1 aromatic carbocycles. The third-order valence-corrected chi connectivity index (χ3v) is 7.69. The Hall–Kier alpha value is -3.57. The van der Waals surface area contributed by atoms with E-state index in [2.05, 4.69) is 16.0 Å². The van der Waals surface area contributed by atoms with Crippen LogP contribution in [0.25, 0.3) is 0 Å². The Morgan fingerprint density at radius 2 is 1.71 bits per heavy atom. The zero-order valence-corrected chi connectivity index (χ0v) is 24.2. The van der Waals surface area contributed by atoms with Crippen LogP contribution in [0.15, 0.2) is 47.8 Å². The number of benzene rings is 1. The van der Waals surface area contributed by atoms with Crippen LogP contribution in [0.2, 0.25) is 0 Å². The average Bonchev–Trinajstić information content (AvgIpc) is 3.48. The first-order valence-corrected chi connectivity index (χ1v) is 14.9. The van der Waals surface area contributed by atoms with Gasteiger partial charge in [-0.25, -0.2) is 0 Å². The molecule has 3 rings (SSSR count). The number of Topliss-reactive ketones (excluding diaryl/α,β-unsaturated/α-hetero) is 1. The van der Waals surface area contributed by atoms with Gasteiger partial charge in [-0.2, -0.15) is 0 Å². The molecule has 0 radical (unpaired) electrons. The van der Waals surface area contributed by atoms with E-state index in [1.807, 2.05) is 47.8 Å². The molecule has 2 aromatic rings. The van der Waals surface area contributed by atoms with Gasteiger partial charge < -0.3 is 25.4 Å². The van der Waals surface area contributed by atoms with Crippen LogP contribution in [-0.4, -0.2) is 61.3 Å². The fourth-order valence-electron chi connectivity index (χ4n) is 4.74. The molecular formula is C30H39N3O7S. The number of ether oxygens (including phenoxy) is 2. The Labute approximate surface area is 244 Å². The lowest BCUT2D eigenvalue weighted by Gasteiger charge is -2.28. The highest BCUT2D eigenvalue weighted by atomic mass is 32.1. The van der Waals surface area contributed by atoms with Crippen molar-refractivity contribution in [3.63, 3.8) is 0 Å². The number of nitrogens with one attached hydrogen (secondary N) is 3. The van der Waals surface area contributed by atoms with Gasteiger partial charge in [0.05, 0.1) is 26.2 Å². The highest BCUT2D eigenvalue weighted by molar-refractivity contribution is 7.10. The van der Waals surface area contributed by atoms with E-state index >= 15 is 0 Å². The molecule has 0 saturated heterocycles. The van der Waals surface area contributed by atoms with Crippen molar-refractivity contribution in [2.24, 2.45) is 5.92 Å². The van der Waals surface area contributed by atoms with Crippen molar-refractivity contribution in [1.82, 2.24) is 16.0 Å². The van der Waals surface area contributed by atoms with Crippen LogP contribution in [-0.2, 0) is 46.5 Å². The second-order valence-corrected chi connectivity index (χ2v) is 11.1. The van der Waals surface area contributed by atoms with Crippen molar-refractivity contribution in [1.29, 1.82) is 0 Å². The molecule has 0 bridgehead atoms. The van der Waals surface area contributed by atoms with Crippen LogP contribution in [0.1, 0.15) is 55.9 Å². The molecule has 1 saturated carbocycles. The number of thiophene rings is 1. The second kappa shape index (κ2) is 17.3. The predicted molar refractivity (Wildman–Crippen MR) is 154 cm³/mol. The fraction of sp³-hybridized carbons (Fsp3) is 0.500. The SMILES string of the molecule is CCOC(=O)CNC(=O)C(=O)C(COCc1ccccc1)NC(=O)[C@@H](CC1CCCCC1)NC(=O)Cc1cccs1. The maximum absolute atomic E-state index is 13.5. The molecule has 1 aromatic heterocycles. The lowest BCUT2D eigenvalue weighted by molar-refractivity contribution is -0.146. The van der Waals surface area contributed by atoms with Crippen LogP contribution in [0.3, 0.4) is 0 Å². The highest BCUT2D eigenvalue weighted by Crippen LogP contribution is 2.27. The number of carbonyl (C=O) groups excluding carboxylic acids is 5. The first kappa shape index (κ1) is 32.0. The van der Waals surface area contributed by atoms with E-state index < -0.39 is 42.2 Å². The van der Waals surface area contributed by atoms with Crippen LogP contribution in [0, 0.1) is 5.92 Å². The molecule has 1 aliphatic rings. The molecule has 222 valence electrons. The third kappa shape index (κ3) is 11.4. The molecule has 0 spiro atoms. The van der Waals surface area contributed by atoms with Gasteiger partial charge in [0.25, 0.3) is 5.91 Å². The number of hydrogen-bond acceptors (Lipinski definition) is 8. The van der Waals surface area contributed by atoms with E-state index in [0.29, 0.717) is 6.42 Å². The molecule has 0 aliphatic heterocycles. The minimum atomic E-state index is -1.32. The molecule has 1 unspecified atom stereocenters. The molecule has 41 heavy (non-hydrogen) atoms. The molecule has 10 nitrogen and oxygen atoms in total. The fourth-order valence-corrected chi connectivity index (χ4v) is 5.44. The van der Waals surface area contributed by atoms with Crippen molar-refractivity contribution in [3.8, 4) is 0 Å². The number of amides is 3. The van der Waals surface area contributed by atoms with Crippen molar-refractivity contribution in [2.75, 3.05) is 19.8 Å². The van der Waals surface area contributed by atoms with Crippen molar-refractivity contribution >= 4 is 40.8 Å². The number of rotatable bonds is 16. The Balaban J connectivity index is 1.70. The molecule has 1 aliphatic carbocycles. The Bertz CT molecular complexity index is 1130. The number of ketones is 1. The Morgan fingerprint density at radius 1 is 0.951 bits per heavy atom. The van der Waals surface area contributed by atoms with E-state index in [1.165, 1.54) is 11.3 Å². The summed E-state index contributed by atoms with van der Waals surface area (Å²) in [5.41, 5.74) is 0.854. The van der Waals surface area contributed by atoms with Gasteiger partial charge in [-0.15, -0.1) is 11.3 Å². The summed E-state index contributed by atoms with van der Waals surface area (Å²) in [4.78, 5) is 64.6. The van der Waals surface area contributed by atoms with Gasteiger partial charge in [-0.05, 0) is 36.3 Å². The Morgan fingerprint density at radius 3 is 2.39 bits per heavy atom. The van der Waals surface area contributed by atoms with Crippen LogP contribution in [0.5, 0.6) is 0 Å². The number of esters is 1. The lowest BCUT2D eigenvalue weighted by atomic mass is 9.84. The van der Waals surface area contributed by atoms with Gasteiger partial charge in [0.1, 0.15) is 18.6 Å². The average molecular weight is 586 g/mol. The zero-order chi connectivity index (χ0) is 29.5. The van der Waals surface area contributed by atoms with Gasteiger partial charge >= 0.3 is 5.97 Å². The van der Waals surface area contributed by atoms with Gasteiger partial charge in [0, 0.05) is 4.88 Å². The van der Waals surface area contributed by atoms with Gasteiger partial charge in [-0.3, -0.25) is 24.0 Å². The predicted octanol–water partition coefficient (Wildman–Crippen LogP) is 2.70. The zero-order valence-electron chi connectivity index (χ0n) is 23.4. The van der Waals surface area contributed by atoms with Crippen LogP contribution >= 0.6 is 11.3 Å². The third-order valence-electron chi connectivity index (χ3n) is 6.81. The Kier molecular flexibility index (Phi) is 13.5. The summed E-state index contributed by atoms with van der Waals surface area (Å²) in [6, 6.07) is 10.8. The smallest absolute Gasteiger partial charge is 0.325 e. The molecule has 3 N–H and O–H groups in total. The summed E-state index contributed by atoms with van der Waals surface area (Å²) in [5, 5.41) is 9.63. The summed E-state index contributed by atoms with van der Waals surface area (Å²) in [6.45, 7) is 1.17. The van der Waals surface area contributed by atoms with E-state index in [1.54, 1.807) is 6.92 Å². The van der Waals surface area contributed by atoms with E-state index in [-0.39, 0.29) is 38.1 Å². The first-order valence-electron chi connectivity index (χ1n) is 14.1. The molecule has 11 heteroatoms. The molecule has 2 atom stereocenters. The first-order chi connectivity index (χ1) is 19.9. The highest BCUT2D eigenvalue weighted by Gasteiger charge is 2.32. The summed E-state index contributed by atoms with van der Waals surface area (Å²) < 4.78 is 10.5. The maximum Gasteiger partial charge on any atom is 0.325 e. The standard InChI is InChI=1S/C30H39N3O7S/c1-2-40-27(35)18-31-30(38)28(36)25(20-39-19-22-12-7-4-8-13-22)33-29(37)24(16-21-10-5-3-6-11-21)32-26(34)17-23-14-9-15-41-23/h4,7-9,12-15,21,24-25H,2-3,5-6,10-11,16-20H2,1H3,(H,31,38)(H,32,34)(H,33,37)/t24-,25?/m1/s1. The topological polar surface area (TPSA) is 140 Å². The van der Waals surface area contributed by atoms with Crippen molar-refractivity contribution in [2.45, 2.75) is 70.6 Å². The minimum Gasteiger partial charge on any atom is -0.465 e. The monoisotopic (exact) mass is 585 g/mol. The minimum absolute atomic E-state index is 0.134. The van der Waals surface area contributed by atoms with Gasteiger partial charge in [0.2, 0.25) is 17.6 Å². The van der Waals surface area contributed by atoms with Crippen molar-refractivity contribution < 1.29 is 33.4 Å². The van der Waals surface area contributed by atoms with E-state index in [9.17, 15) is 24.0 Å². The lowest BCUT2D eigenvalue weighted by Crippen LogP contribution is -2.56. The summed E-state index contributed by atoms with van der Waals surface area (Å²) in [6.07, 6.45) is 5.78. The summed E-state index contributed by atoms with van der Waals surface area (Å²) in [5.74, 6) is -3.28. The summed E-state index contributed by atoms with van der Waals surface area (Å²) >= 11 is 1.46. The van der Waals surface area contributed by atoms with E-state index in [4.69, 9.17) is 9.47 Å². The normalized spacial score (nSPS) is 14.9. The second-order valence-electron chi connectivity index (χ2n) is 10.0. The quantitative estimate of drug-likeness (QED) is 0.203.